The molecule has 2 aromatic rings. The summed E-state index contributed by atoms with van der Waals surface area (Å²) >= 11 is 0. The summed E-state index contributed by atoms with van der Waals surface area (Å²) in [7, 11) is 2.03. The van der Waals surface area contributed by atoms with Gasteiger partial charge in [-0.1, -0.05) is 75.7 Å². The second kappa shape index (κ2) is 10.4. The molecule has 0 amide bonds. The summed E-state index contributed by atoms with van der Waals surface area (Å²) < 4.78 is 0. The standard InChI is InChI=1S/C24H34N/c1-5-11-22(18-20-12-7-6-8-13-20)23-16-9-14-21(15-10-17-25-4)24(23)19(2)3/h6-9,12-14,16,19,25H,5,10-11,15,17-18H2,1-4H3. The minimum absolute atomic E-state index is 0.559. The first-order valence-corrected chi connectivity index (χ1v) is 9.82. The second-order valence-corrected chi connectivity index (χ2v) is 7.26. The predicted molar refractivity (Wildman–Crippen MR) is 110 cm³/mol. The van der Waals surface area contributed by atoms with E-state index in [0.717, 1.165) is 19.4 Å². The van der Waals surface area contributed by atoms with Gasteiger partial charge in [0.2, 0.25) is 0 Å². The molecule has 0 aliphatic rings. The van der Waals surface area contributed by atoms with Crippen LogP contribution < -0.4 is 5.32 Å². The van der Waals surface area contributed by atoms with Crippen molar-refractivity contribution in [1.82, 2.24) is 5.32 Å². The fourth-order valence-corrected chi connectivity index (χ4v) is 3.74. The first kappa shape index (κ1) is 19.7. The van der Waals surface area contributed by atoms with Crippen molar-refractivity contribution in [1.29, 1.82) is 0 Å². The Morgan fingerprint density at radius 1 is 1.00 bits per heavy atom. The maximum absolute atomic E-state index is 3.27. The number of nitrogens with one attached hydrogen (secondary N) is 1. The number of aryl methyl sites for hydroxylation is 1. The molecule has 0 saturated carbocycles. The van der Waals surface area contributed by atoms with E-state index in [-0.39, 0.29) is 0 Å². The third kappa shape index (κ3) is 5.71. The van der Waals surface area contributed by atoms with E-state index < -0.39 is 0 Å². The highest BCUT2D eigenvalue weighted by Crippen LogP contribution is 2.34. The van der Waals surface area contributed by atoms with Gasteiger partial charge < -0.3 is 5.32 Å². The Balaban J connectivity index is 2.33. The Hall–Kier alpha value is -1.60. The van der Waals surface area contributed by atoms with E-state index >= 15 is 0 Å². The van der Waals surface area contributed by atoms with Crippen LogP contribution in [0.4, 0.5) is 0 Å². The lowest BCUT2D eigenvalue weighted by Gasteiger charge is -2.24. The van der Waals surface area contributed by atoms with Crippen molar-refractivity contribution in [2.24, 2.45) is 0 Å². The molecule has 1 heteroatoms. The zero-order valence-electron chi connectivity index (χ0n) is 16.4. The number of hydrogen-bond donors (Lipinski definition) is 1. The highest BCUT2D eigenvalue weighted by Gasteiger charge is 2.20. The maximum Gasteiger partial charge on any atom is 0.00962 e. The maximum atomic E-state index is 3.27. The Labute approximate surface area is 154 Å². The minimum Gasteiger partial charge on any atom is -0.320 e. The molecule has 2 aromatic carbocycles. The van der Waals surface area contributed by atoms with Crippen molar-refractivity contribution < 1.29 is 0 Å². The van der Waals surface area contributed by atoms with Gasteiger partial charge in [-0.25, -0.2) is 0 Å². The number of benzene rings is 2. The molecule has 0 aromatic heterocycles. The van der Waals surface area contributed by atoms with Crippen molar-refractivity contribution in [2.45, 2.75) is 58.8 Å². The topological polar surface area (TPSA) is 12.0 Å². The zero-order valence-corrected chi connectivity index (χ0v) is 16.4. The van der Waals surface area contributed by atoms with Gasteiger partial charge in [0.05, 0.1) is 0 Å². The van der Waals surface area contributed by atoms with Gasteiger partial charge in [0.25, 0.3) is 0 Å². The molecule has 1 N–H and O–H groups in total. The lowest BCUT2D eigenvalue weighted by atomic mass is 9.80. The molecule has 0 bridgehead atoms. The van der Waals surface area contributed by atoms with Gasteiger partial charge in [-0.15, -0.1) is 0 Å². The molecule has 0 unspecified atom stereocenters. The second-order valence-electron chi connectivity index (χ2n) is 7.26. The Morgan fingerprint density at radius 2 is 1.76 bits per heavy atom. The van der Waals surface area contributed by atoms with Crippen molar-refractivity contribution in [3.05, 3.63) is 76.7 Å². The molecule has 0 heterocycles. The largest absolute Gasteiger partial charge is 0.320 e. The Bertz CT molecular complexity index is 615. The van der Waals surface area contributed by atoms with E-state index in [1.165, 1.54) is 36.0 Å². The fourth-order valence-electron chi connectivity index (χ4n) is 3.74. The van der Waals surface area contributed by atoms with E-state index in [0.29, 0.717) is 5.92 Å². The van der Waals surface area contributed by atoms with E-state index in [4.69, 9.17) is 0 Å². The molecule has 25 heavy (non-hydrogen) atoms. The van der Waals surface area contributed by atoms with Crippen molar-refractivity contribution in [3.63, 3.8) is 0 Å². The van der Waals surface area contributed by atoms with Gasteiger partial charge >= 0.3 is 0 Å². The average Bonchev–Trinajstić information content (AvgIpc) is 2.62. The monoisotopic (exact) mass is 336 g/mol. The number of hydrogen-bond acceptors (Lipinski definition) is 1. The summed E-state index contributed by atoms with van der Waals surface area (Å²) in [5, 5.41) is 3.27. The third-order valence-electron chi connectivity index (χ3n) is 4.84. The molecule has 0 atom stereocenters. The van der Waals surface area contributed by atoms with Gasteiger partial charge in [0.1, 0.15) is 0 Å². The Morgan fingerprint density at radius 3 is 2.40 bits per heavy atom. The van der Waals surface area contributed by atoms with Crippen LogP contribution in [0.15, 0.2) is 48.5 Å². The SMILES string of the molecule is CCC[C](Cc1ccccc1)c1cccc(CCCNC)c1C(C)C. The molecule has 1 nitrogen and oxygen atoms in total. The molecule has 0 fully saturated rings. The van der Waals surface area contributed by atoms with Crippen LogP contribution in [0, 0.1) is 5.92 Å². The summed E-state index contributed by atoms with van der Waals surface area (Å²) in [6.07, 6.45) is 5.79. The summed E-state index contributed by atoms with van der Waals surface area (Å²) in [4.78, 5) is 0. The van der Waals surface area contributed by atoms with Crippen LogP contribution >= 0.6 is 0 Å². The van der Waals surface area contributed by atoms with Gasteiger partial charge in [0.15, 0.2) is 0 Å². The lowest BCUT2D eigenvalue weighted by Crippen LogP contribution is -2.12. The first-order valence-electron chi connectivity index (χ1n) is 9.82. The van der Waals surface area contributed by atoms with Gasteiger partial charge in [0, 0.05) is 5.92 Å². The molecular formula is C24H34N. The van der Waals surface area contributed by atoms with E-state index in [1.807, 2.05) is 7.05 Å². The van der Waals surface area contributed by atoms with Crippen molar-refractivity contribution in [3.8, 4) is 0 Å². The van der Waals surface area contributed by atoms with Crippen LogP contribution in [0.5, 0.6) is 0 Å². The molecule has 0 saturated heterocycles. The highest BCUT2D eigenvalue weighted by molar-refractivity contribution is 5.46. The van der Waals surface area contributed by atoms with Crippen LogP contribution in [0.1, 0.15) is 68.2 Å². The van der Waals surface area contributed by atoms with Crippen molar-refractivity contribution in [2.75, 3.05) is 13.6 Å². The lowest BCUT2D eigenvalue weighted by molar-refractivity contribution is 0.708. The molecule has 0 spiro atoms. The number of rotatable bonds is 10. The average molecular weight is 337 g/mol. The third-order valence-corrected chi connectivity index (χ3v) is 4.84. The molecule has 1 radical (unpaired) electrons. The quantitative estimate of drug-likeness (QED) is 0.530. The predicted octanol–water partition coefficient (Wildman–Crippen LogP) is 5.93. The van der Waals surface area contributed by atoms with Crippen LogP contribution in [-0.4, -0.2) is 13.6 Å². The molecule has 135 valence electrons. The normalized spacial score (nSPS) is 11.4. The van der Waals surface area contributed by atoms with Crippen LogP contribution in [0.25, 0.3) is 0 Å². The fraction of sp³-hybridized carbons (Fsp3) is 0.458. The van der Waals surface area contributed by atoms with Gasteiger partial charge in [-0.3, -0.25) is 0 Å². The summed E-state index contributed by atoms with van der Waals surface area (Å²) in [6.45, 7) is 8.05. The molecule has 2 rings (SSSR count). The summed E-state index contributed by atoms with van der Waals surface area (Å²) in [6, 6.07) is 17.8. The Kier molecular flexibility index (Phi) is 8.21. The molecule has 0 aliphatic carbocycles. The summed E-state index contributed by atoms with van der Waals surface area (Å²) in [5.74, 6) is 2.15. The van der Waals surface area contributed by atoms with Gasteiger partial charge in [-0.2, -0.15) is 0 Å². The summed E-state index contributed by atoms with van der Waals surface area (Å²) in [5.41, 5.74) is 6.02. The molecule has 0 aliphatic heterocycles. The van der Waals surface area contributed by atoms with Crippen LogP contribution in [0.2, 0.25) is 0 Å². The van der Waals surface area contributed by atoms with Crippen LogP contribution in [0.3, 0.4) is 0 Å². The van der Waals surface area contributed by atoms with E-state index in [2.05, 4.69) is 74.6 Å². The van der Waals surface area contributed by atoms with Crippen molar-refractivity contribution >= 4 is 0 Å². The van der Waals surface area contributed by atoms with Gasteiger partial charge in [-0.05, 0) is 67.4 Å². The molecular weight excluding hydrogens is 302 g/mol. The van der Waals surface area contributed by atoms with E-state index in [1.54, 1.807) is 11.5 Å². The minimum atomic E-state index is 0.559. The van der Waals surface area contributed by atoms with Crippen LogP contribution in [-0.2, 0) is 12.8 Å². The highest BCUT2D eigenvalue weighted by atomic mass is 14.8. The zero-order chi connectivity index (χ0) is 18.1. The first-order chi connectivity index (χ1) is 12.2. The smallest absolute Gasteiger partial charge is 0.00962 e. The van der Waals surface area contributed by atoms with E-state index in [9.17, 15) is 0 Å².